The summed E-state index contributed by atoms with van der Waals surface area (Å²) < 4.78 is 5.59. The van der Waals surface area contributed by atoms with Crippen LogP contribution in [0.5, 0.6) is 0 Å². The van der Waals surface area contributed by atoms with E-state index in [0.29, 0.717) is 23.6 Å². The van der Waals surface area contributed by atoms with E-state index in [1.807, 2.05) is 24.3 Å². The molecule has 1 heterocycles. The van der Waals surface area contributed by atoms with Gasteiger partial charge in [-0.1, -0.05) is 23.9 Å². The van der Waals surface area contributed by atoms with Crippen LogP contribution in [0.25, 0.3) is 11.1 Å². The number of hydrogen-bond donors (Lipinski definition) is 1. The normalized spacial score (nSPS) is 15.1. The Kier molecular flexibility index (Phi) is 4.45. The average molecular weight is 306 g/mol. The number of nitrogens with zero attached hydrogens (tertiary/aromatic N) is 2. The first-order valence-electron chi connectivity index (χ1n) is 7.16. The smallest absolute Gasteiger partial charge is 0.257 e. The molecule has 112 valence electrons. The van der Waals surface area contributed by atoms with E-state index in [1.54, 1.807) is 4.90 Å². The van der Waals surface area contributed by atoms with E-state index in [-0.39, 0.29) is 12.5 Å². The molecule has 0 spiro atoms. The van der Waals surface area contributed by atoms with Gasteiger partial charge in [0.05, 0.1) is 12.4 Å². The van der Waals surface area contributed by atoms with E-state index in [4.69, 9.17) is 9.52 Å². The lowest BCUT2D eigenvalue weighted by atomic mass is 9.91. The second-order valence-corrected chi connectivity index (χ2v) is 6.06. The Morgan fingerprint density at radius 2 is 2.24 bits per heavy atom. The summed E-state index contributed by atoms with van der Waals surface area (Å²) in [5.74, 6) is 0.338. The van der Waals surface area contributed by atoms with Crippen LogP contribution in [0.4, 0.5) is 0 Å². The molecule has 1 aliphatic carbocycles. The summed E-state index contributed by atoms with van der Waals surface area (Å²) >= 11 is 1.31. The highest BCUT2D eigenvalue weighted by molar-refractivity contribution is 7.99. The summed E-state index contributed by atoms with van der Waals surface area (Å²) in [6.45, 7) is 0.424. The molecular weight excluding hydrogens is 288 g/mol. The Morgan fingerprint density at radius 3 is 2.90 bits per heavy atom. The fourth-order valence-corrected chi connectivity index (χ4v) is 3.16. The minimum Gasteiger partial charge on any atom is -0.431 e. The third kappa shape index (κ3) is 3.22. The van der Waals surface area contributed by atoms with E-state index in [9.17, 15) is 4.79 Å². The molecule has 1 saturated carbocycles. The zero-order valence-electron chi connectivity index (χ0n) is 11.7. The van der Waals surface area contributed by atoms with Crippen LogP contribution in [-0.4, -0.2) is 45.8 Å². The van der Waals surface area contributed by atoms with Crippen molar-refractivity contribution in [2.45, 2.75) is 30.5 Å². The van der Waals surface area contributed by atoms with E-state index in [2.05, 4.69) is 4.98 Å². The van der Waals surface area contributed by atoms with Gasteiger partial charge in [-0.05, 0) is 31.4 Å². The topological polar surface area (TPSA) is 66.6 Å². The van der Waals surface area contributed by atoms with Crippen LogP contribution in [0.1, 0.15) is 19.3 Å². The molecule has 0 unspecified atom stereocenters. The molecule has 1 fully saturated rings. The Labute approximate surface area is 127 Å². The lowest BCUT2D eigenvalue weighted by molar-refractivity contribution is -0.132. The number of benzene rings is 1. The second-order valence-electron chi connectivity index (χ2n) is 5.13. The van der Waals surface area contributed by atoms with Crippen molar-refractivity contribution in [3.63, 3.8) is 0 Å². The molecule has 0 bridgehead atoms. The fraction of sp³-hybridized carbons (Fsp3) is 0.467. The lowest BCUT2D eigenvalue weighted by Crippen LogP contribution is -2.46. The standard InChI is InChI=1S/C15H18N2O3S/c18-9-8-17(11-4-3-5-11)14(19)10-21-15-16-12-6-1-2-7-13(12)20-15/h1-2,6-7,11,18H,3-5,8-10H2. The van der Waals surface area contributed by atoms with Crippen LogP contribution in [0.15, 0.2) is 33.9 Å². The van der Waals surface area contributed by atoms with E-state index in [0.717, 1.165) is 30.4 Å². The predicted molar refractivity (Wildman–Crippen MR) is 81.2 cm³/mol. The molecule has 0 saturated heterocycles. The molecule has 5 nitrogen and oxygen atoms in total. The lowest BCUT2D eigenvalue weighted by Gasteiger charge is -2.37. The van der Waals surface area contributed by atoms with Crippen LogP contribution < -0.4 is 0 Å². The highest BCUT2D eigenvalue weighted by Crippen LogP contribution is 2.27. The van der Waals surface area contributed by atoms with E-state index < -0.39 is 0 Å². The molecule has 2 aromatic rings. The molecule has 1 aromatic carbocycles. The predicted octanol–water partition coefficient (Wildman–Crippen LogP) is 2.29. The molecule has 1 aromatic heterocycles. The summed E-state index contributed by atoms with van der Waals surface area (Å²) in [5, 5.41) is 9.62. The fourth-order valence-electron chi connectivity index (χ4n) is 2.44. The van der Waals surface area contributed by atoms with Gasteiger partial charge in [-0.2, -0.15) is 0 Å². The quantitative estimate of drug-likeness (QED) is 0.829. The number of oxazole rings is 1. The maximum Gasteiger partial charge on any atom is 0.257 e. The molecule has 6 heteroatoms. The molecule has 1 aliphatic rings. The monoisotopic (exact) mass is 306 g/mol. The van der Waals surface area contributed by atoms with Gasteiger partial charge in [0.2, 0.25) is 5.91 Å². The third-order valence-corrected chi connectivity index (χ3v) is 4.58. The van der Waals surface area contributed by atoms with Gasteiger partial charge in [-0.15, -0.1) is 0 Å². The first-order chi connectivity index (χ1) is 10.3. The van der Waals surface area contributed by atoms with E-state index >= 15 is 0 Å². The summed E-state index contributed by atoms with van der Waals surface area (Å²) in [4.78, 5) is 18.4. The summed E-state index contributed by atoms with van der Waals surface area (Å²) in [6, 6.07) is 7.85. The summed E-state index contributed by atoms with van der Waals surface area (Å²) in [6.07, 6.45) is 3.25. The van der Waals surface area contributed by atoms with Gasteiger partial charge < -0.3 is 14.4 Å². The van der Waals surface area contributed by atoms with Gasteiger partial charge in [0.15, 0.2) is 5.58 Å². The van der Waals surface area contributed by atoms with Gasteiger partial charge in [0, 0.05) is 12.6 Å². The van der Waals surface area contributed by atoms with Crippen LogP contribution >= 0.6 is 11.8 Å². The third-order valence-electron chi connectivity index (χ3n) is 3.77. The molecule has 1 N–H and O–H groups in total. The molecular formula is C15H18N2O3S. The average Bonchev–Trinajstić information content (AvgIpc) is 2.85. The molecule has 0 aliphatic heterocycles. The number of aromatic nitrogens is 1. The number of carbonyl (C=O) groups is 1. The number of aliphatic hydroxyl groups is 1. The van der Waals surface area contributed by atoms with Crippen molar-refractivity contribution in [3.05, 3.63) is 24.3 Å². The van der Waals surface area contributed by atoms with Crippen LogP contribution in [0.2, 0.25) is 0 Å². The number of thioether (sulfide) groups is 1. The first kappa shape index (κ1) is 14.4. The highest BCUT2D eigenvalue weighted by atomic mass is 32.2. The Morgan fingerprint density at radius 1 is 1.43 bits per heavy atom. The Bertz CT molecular complexity index is 591. The number of fused-ring (bicyclic) bond motifs is 1. The Balaban J connectivity index is 1.61. The van der Waals surface area contributed by atoms with Crippen molar-refractivity contribution >= 4 is 28.8 Å². The maximum absolute atomic E-state index is 12.3. The zero-order valence-corrected chi connectivity index (χ0v) is 12.5. The molecule has 0 radical (unpaired) electrons. The first-order valence-corrected chi connectivity index (χ1v) is 8.15. The van der Waals surface area contributed by atoms with Crippen LogP contribution in [0.3, 0.4) is 0 Å². The van der Waals surface area contributed by atoms with Crippen molar-refractivity contribution in [2.75, 3.05) is 18.9 Å². The zero-order chi connectivity index (χ0) is 14.7. The van der Waals surface area contributed by atoms with Gasteiger partial charge in [0.25, 0.3) is 5.22 Å². The SMILES string of the molecule is O=C(CSc1nc2ccccc2o1)N(CCO)C1CCC1. The number of amides is 1. The molecule has 0 atom stereocenters. The maximum atomic E-state index is 12.3. The number of hydrogen-bond acceptors (Lipinski definition) is 5. The van der Waals surface area contributed by atoms with Crippen molar-refractivity contribution < 1.29 is 14.3 Å². The van der Waals surface area contributed by atoms with E-state index in [1.165, 1.54) is 11.8 Å². The summed E-state index contributed by atoms with van der Waals surface area (Å²) in [7, 11) is 0. The summed E-state index contributed by atoms with van der Waals surface area (Å²) in [5.41, 5.74) is 1.54. The minimum atomic E-state index is 0.00972. The van der Waals surface area contributed by atoms with Crippen molar-refractivity contribution in [1.82, 2.24) is 9.88 Å². The number of aliphatic hydroxyl groups excluding tert-OH is 1. The van der Waals surface area contributed by atoms with Gasteiger partial charge in [-0.3, -0.25) is 4.79 Å². The number of rotatable bonds is 6. The van der Waals surface area contributed by atoms with Crippen LogP contribution in [-0.2, 0) is 4.79 Å². The van der Waals surface area contributed by atoms with Gasteiger partial charge in [0.1, 0.15) is 5.52 Å². The van der Waals surface area contributed by atoms with Gasteiger partial charge >= 0.3 is 0 Å². The molecule has 21 heavy (non-hydrogen) atoms. The van der Waals surface area contributed by atoms with Crippen molar-refractivity contribution in [2.24, 2.45) is 0 Å². The van der Waals surface area contributed by atoms with Crippen LogP contribution in [0, 0.1) is 0 Å². The highest BCUT2D eigenvalue weighted by Gasteiger charge is 2.28. The Hall–Kier alpha value is -1.53. The number of carbonyl (C=O) groups excluding carboxylic acids is 1. The second kappa shape index (κ2) is 6.49. The van der Waals surface area contributed by atoms with Gasteiger partial charge in [-0.25, -0.2) is 4.98 Å². The minimum absolute atomic E-state index is 0.00972. The molecule has 3 rings (SSSR count). The largest absolute Gasteiger partial charge is 0.431 e. The van der Waals surface area contributed by atoms with Crippen molar-refractivity contribution in [1.29, 1.82) is 0 Å². The van der Waals surface area contributed by atoms with Crippen molar-refractivity contribution in [3.8, 4) is 0 Å². The number of para-hydroxylation sites is 2. The molecule has 1 amide bonds.